The average Bonchev–Trinajstić information content (AvgIpc) is 3.16. The first-order valence-electron chi connectivity index (χ1n) is 10.1. The van der Waals surface area contributed by atoms with Gasteiger partial charge in [0, 0.05) is 17.7 Å². The molecule has 29 heavy (non-hydrogen) atoms. The van der Waals surface area contributed by atoms with E-state index in [0.29, 0.717) is 17.1 Å². The van der Waals surface area contributed by atoms with Crippen LogP contribution in [0.3, 0.4) is 0 Å². The van der Waals surface area contributed by atoms with E-state index in [2.05, 4.69) is 10.5 Å². The van der Waals surface area contributed by atoms with Gasteiger partial charge in [0.15, 0.2) is 5.82 Å². The number of carbonyl (C=O) groups is 2. The lowest BCUT2D eigenvalue weighted by Gasteiger charge is -2.34. The predicted octanol–water partition coefficient (Wildman–Crippen LogP) is 4.55. The molecule has 2 amide bonds. The van der Waals surface area contributed by atoms with E-state index in [9.17, 15) is 9.59 Å². The summed E-state index contributed by atoms with van der Waals surface area (Å²) < 4.78 is 5.00. The molecule has 2 aromatic carbocycles. The Morgan fingerprint density at radius 3 is 2.55 bits per heavy atom. The minimum Gasteiger partial charge on any atom is -0.360 e. The van der Waals surface area contributed by atoms with Gasteiger partial charge in [-0.25, -0.2) is 0 Å². The highest BCUT2D eigenvalue weighted by Crippen LogP contribution is 2.25. The molecule has 1 aromatic heterocycles. The van der Waals surface area contributed by atoms with Gasteiger partial charge in [-0.2, -0.15) is 0 Å². The van der Waals surface area contributed by atoms with Gasteiger partial charge in [0.2, 0.25) is 5.91 Å². The first kappa shape index (κ1) is 19.2. The van der Waals surface area contributed by atoms with Crippen LogP contribution in [0.5, 0.6) is 0 Å². The molecule has 1 aliphatic carbocycles. The first-order valence-corrected chi connectivity index (χ1v) is 10.1. The molecule has 3 aromatic rings. The fourth-order valence-electron chi connectivity index (χ4n) is 4.01. The topological polar surface area (TPSA) is 75.4 Å². The van der Waals surface area contributed by atoms with Crippen molar-refractivity contribution in [2.24, 2.45) is 0 Å². The van der Waals surface area contributed by atoms with Crippen LogP contribution in [-0.2, 0) is 4.79 Å². The van der Waals surface area contributed by atoms with Gasteiger partial charge in [0.25, 0.3) is 5.91 Å². The lowest BCUT2D eigenvalue weighted by atomic mass is 9.93. The molecule has 1 aliphatic rings. The lowest BCUT2D eigenvalue weighted by molar-refractivity contribution is -0.117. The number of carbonyl (C=O) groups excluding carboxylic acids is 2. The average molecular weight is 391 g/mol. The van der Waals surface area contributed by atoms with Crippen LogP contribution in [-0.4, -0.2) is 34.5 Å². The summed E-state index contributed by atoms with van der Waals surface area (Å²) in [5, 5.41) is 8.64. The molecule has 1 N–H and O–H groups in total. The number of amides is 2. The number of aromatic nitrogens is 1. The summed E-state index contributed by atoms with van der Waals surface area (Å²) in [6.45, 7) is 1.77. The molecule has 0 atom stereocenters. The third-order valence-corrected chi connectivity index (χ3v) is 5.48. The van der Waals surface area contributed by atoms with Gasteiger partial charge >= 0.3 is 0 Å². The van der Waals surface area contributed by atoms with Gasteiger partial charge in [-0.05, 0) is 42.7 Å². The molecule has 1 fully saturated rings. The van der Waals surface area contributed by atoms with Crippen molar-refractivity contribution >= 4 is 28.4 Å². The normalized spacial score (nSPS) is 14.7. The van der Waals surface area contributed by atoms with Crippen LogP contribution in [0.2, 0.25) is 0 Å². The molecule has 6 nitrogen and oxygen atoms in total. The van der Waals surface area contributed by atoms with Crippen molar-refractivity contribution < 1.29 is 14.1 Å². The largest absolute Gasteiger partial charge is 0.360 e. The summed E-state index contributed by atoms with van der Waals surface area (Å²) in [6, 6.07) is 15.4. The molecule has 0 saturated heterocycles. The quantitative estimate of drug-likeness (QED) is 0.692. The second-order valence-corrected chi connectivity index (χ2v) is 7.66. The van der Waals surface area contributed by atoms with Gasteiger partial charge in [0.1, 0.15) is 12.3 Å². The Labute approximate surface area is 169 Å². The Morgan fingerprint density at radius 2 is 1.83 bits per heavy atom. The molecule has 150 valence electrons. The molecule has 4 rings (SSSR count). The first-order chi connectivity index (χ1) is 14.1. The Balaban J connectivity index is 1.56. The summed E-state index contributed by atoms with van der Waals surface area (Å²) in [5.74, 6) is 0.623. The van der Waals surface area contributed by atoms with Gasteiger partial charge in [0.05, 0.1) is 0 Å². The van der Waals surface area contributed by atoms with E-state index in [1.165, 1.54) is 6.42 Å². The molecule has 0 spiro atoms. The number of nitrogens with one attached hydrogen (secondary N) is 1. The number of anilines is 1. The number of benzene rings is 2. The Hall–Kier alpha value is -3.15. The number of fused-ring (bicyclic) bond motifs is 1. The summed E-state index contributed by atoms with van der Waals surface area (Å²) in [6.07, 6.45) is 5.19. The van der Waals surface area contributed by atoms with Crippen molar-refractivity contribution in [3.8, 4) is 0 Å². The summed E-state index contributed by atoms with van der Waals surface area (Å²) in [4.78, 5) is 27.8. The van der Waals surface area contributed by atoms with Gasteiger partial charge in [-0.3, -0.25) is 9.59 Å². The SMILES string of the molecule is Cc1cc(NC(=O)CN(C(=O)c2ccc3ccccc3c2)C2CCCCC2)no1. The Kier molecular flexibility index (Phi) is 5.60. The van der Waals surface area contributed by atoms with E-state index in [1.54, 1.807) is 17.9 Å². The van der Waals surface area contributed by atoms with Crippen molar-refractivity contribution in [3.05, 3.63) is 59.9 Å². The van der Waals surface area contributed by atoms with Crippen molar-refractivity contribution in [2.45, 2.75) is 45.1 Å². The number of hydrogen-bond donors (Lipinski definition) is 1. The molecule has 6 heteroatoms. The summed E-state index contributed by atoms with van der Waals surface area (Å²) >= 11 is 0. The standard InChI is InChI=1S/C23H25N3O3/c1-16-13-21(25-29-16)24-22(27)15-26(20-9-3-2-4-10-20)23(28)19-12-11-17-7-5-6-8-18(17)14-19/h5-8,11-14,20H,2-4,9-10,15H2,1H3,(H,24,25,27). The van der Waals surface area contributed by atoms with Crippen LogP contribution in [0.15, 0.2) is 53.1 Å². The third-order valence-electron chi connectivity index (χ3n) is 5.48. The van der Waals surface area contributed by atoms with Crippen molar-refractivity contribution in [1.82, 2.24) is 10.1 Å². The maximum Gasteiger partial charge on any atom is 0.254 e. The zero-order valence-corrected chi connectivity index (χ0v) is 16.6. The highest BCUT2D eigenvalue weighted by Gasteiger charge is 2.28. The predicted molar refractivity (Wildman–Crippen MR) is 112 cm³/mol. The molecule has 0 unspecified atom stereocenters. The van der Waals surface area contributed by atoms with E-state index >= 15 is 0 Å². The summed E-state index contributed by atoms with van der Waals surface area (Å²) in [7, 11) is 0. The molecule has 0 bridgehead atoms. The van der Waals surface area contributed by atoms with E-state index in [1.807, 2.05) is 42.5 Å². The minimum atomic E-state index is -0.266. The Morgan fingerprint density at radius 1 is 1.07 bits per heavy atom. The molecular formula is C23H25N3O3. The Bertz CT molecular complexity index is 1020. The van der Waals surface area contributed by atoms with Crippen LogP contribution in [0.4, 0.5) is 5.82 Å². The maximum atomic E-state index is 13.4. The van der Waals surface area contributed by atoms with Crippen molar-refractivity contribution in [2.75, 3.05) is 11.9 Å². The number of hydrogen-bond acceptors (Lipinski definition) is 4. The second kappa shape index (κ2) is 8.47. The number of aryl methyl sites for hydroxylation is 1. The summed E-state index contributed by atoms with van der Waals surface area (Å²) in [5.41, 5.74) is 0.611. The third kappa shape index (κ3) is 4.47. The number of nitrogens with zero attached hydrogens (tertiary/aromatic N) is 2. The molecule has 0 radical (unpaired) electrons. The zero-order valence-electron chi connectivity index (χ0n) is 16.6. The van der Waals surface area contributed by atoms with Gasteiger partial charge in [-0.15, -0.1) is 0 Å². The monoisotopic (exact) mass is 391 g/mol. The van der Waals surface area contributed by atoms with E-state index in [4.69, 9.17) is 4.52 Å². The van der Waals surface area contributed by atoms with E-state index in [0.717, 1.165) is 36.5 Å². The fraction of sp³-hybridized carbons (Fsp3) is 0.348. The smallest absolute Gasteiger partial charge is 0.254 e. The molecule has 1 saturated carbocycles. The van der Waals surface area contributed by atoms with Crippen molar-refractivity contribution in [3.63, 3.8) is 0 Å². The number of rotatable bonds is 5. The maximum absolute atomic E-state index is 13.4. The van der Waals surface area contributed by atoms with Crippen molar-refractivity contribution in [1.29, 1.82) is 0 Å². The van der Waals surface area contributed by atoms with Crippen LogP contribution in [0.25, 0.3) is 10.8 Å². The van der Waals surface area contributed by atoms with Crippen LogP contribution in [0, 0.1) is 6.92 Å². The van der Waals surface area contributed by atoms with Gasteiger partial charge in [-0.1, -0.05) is 54.8 Å². The molecule has 1 heterocycles. The molecule has 0 aliphatic heterocycles. The van der Waals surface area contributed by atoms with Crippen LogP contribution in [0.1, 0.15) is 48.2 Å². The molecular weight excluding hydrogens is 366 g/mol. The van der Waals surface area contributed by atoms with Crippen LogP contribution >= 0.6 is 0 Å². The zero-order chi connectivity index (χ0) is 20.2. The highest BCUT2D eigenvalue weighted by molar-refractivity contribution is 6.01. The van der Waals surface area contributed by atoms with Gasteiger partial charge < -0.3 is 14.7 Å². The fourth-order valence-corrected chi connectivity index (χ4v) is 4.01. The highest BCUT2D eigenvalue weighted by atomic mass is 16.5. The van der Waals surface area contributed by atoms with Crippen LogP contribution < -0.4 is 5.32 Å². The van der Waals surface area contributed by atoms with E-state index in [-0.39, 0.29) is 24.4 Å². The lowest BCUT2D eigenvalue weighted by Crippen LogP contribution is -2.45. The second-order valence-electron chi connectivity index (χ2n) is 7.66. The van der Waals surface area contributed by atoms with E-state index < -0.39 is 0 Å². The minimum absolute atomic E-state index is 0.00222.